The number of amides is 1. The van der Waals surface area contributed by atoms with Crippen LogP contribution in [0.2, 0.25) is 0 Å². The molecule has 0 spiro atoms. The lowest BCUT2D eigenvalue weighted by molar-refractivity contribution is 0.0392. The maximum absolute atomic E-state index is 11.2. The Kier molecular flexibility index (Phi) is 4.29. The molecule has 1 aliphatic rings. The molecule has 2 aromatic rings. The van der Waals surface area contributed by atoms with Gasteiger partial charge < -0.3 is 19.9 Å². The van der Waals surface area contributed by atoms with Crippen molar-refractivity contribution in [1.29, 1.82) is 0 Å². The van der Waals surface area contributed by atoms with Gasteiger partial charge in [-0.25, -0.2) is 4.79 Å². The van der Waals surface area contributed by atoms with Crippen LogP contribution in [0.5, 0.6) is 11.8 Å². The Hall–Kier alpha value is -2.76. The lowest BCUT2D eigenvalue weighted by Gasteiger charge is -2.26. The van der Waals surface area contributed by atoms with Gasteiger partial charge in [0.05, 0.1) is 14.2 Å². The zero-order valence-electron chi connectivity index (χ0n) is 14.8. The molecular formula is C19H22N2O4. The number of methoxy groups -OCH3 is 2. The monoisotopic (exact) mass is 342 g/mol. The molecule has 1 heterocycles. The first-order valence-corrected chi connectivity index (χ1v) is 8.04. The predicted octanol–water partition coefficient (Wildman–Crippen LogP) is 3.48. The minimum absolute atomic E-state index is 0.210. The van der Waals surface area contributed by atoms with Gasteiger partial charge in [-0.05, 0) is 29.2 Å². The van der Waals surface area contributed by atoms with Gasteiger partial charge in [0, 0.05) is 17.0 Å². The van der Waals surface area contributed by atoms with Gasteiger partial charge in [-0.2, -0.15) is 4.98 Å². The normalized spacial score (nSPS) is 17.7. The lowest BCUT2D eigenvalue weighted by atomic mass is 9.87. The standard InChI is InChI=1S/C19H22N2O4/c1-19(2)10-12-9-11(5-6-13(12)16(19)25-18(20)22)14-7-8-15(23-3)21-17(14)24-4/h5-9,16H,10H2,1-4H3,(H2,20,22). The van der Waals surface area contributed by atoms with E-state index in [4.69, 9.17) is 19.9 Å². The summed E-state index contributed by atoms with van der Waals surface area (Å²) in [5.74, 6) is 0.999. The summed E-state index contributed by atoms with van der Waals surface area (Å²) in [7, 11) is 3.15. The number of primary amides is 1. The van der Waals surface area contributed by atoms with Crippen molar-refractivity contribution < 1.29 is 19.0 Å². The molecule has 1 unspecified atom stereocenters. The number of pyridine rings is 1. The van der Waals surface area contributed by atoms with Crippen LogP contribution in [0.15, 0.2) is 30.3 Å². The molecule has 0 saturated carbocycles. The molecule has 0 radical (unpaired) electrons. The predicted molar refractivity (Wildman–Crippen MR) is 93.7 cm³/mol. The molecule has 3 rings (SSSR count). The largest absolute Gasteiger partial charge is 0.481 e. The zero-order valence-corrected chi connectivity index (χ0v) is 14.8. The third kappa shape index (κ3) is 3.12. The van der Waals surface area contributed by atoms with Gasteiger partial charge in [0.25, 0.3) is 0 Å². The first-order chi connectivity index (χ1) is 11.9. The molecule has 132 valence electrons. The number of nitrogens with two attached hydrogens (primary N) is 1. The Labute approximate surface area is 146 Å². The van der Waals surface area contributed by atoms with Crippen LogP contribution < -0.4 is 15.2 Å². The fourth-order valence-electron chi connectivity index (χ4n) is 3.44. The molecule has 0 aliphatic heterocycles. The first-order valence-electron chi connectivity index (χ1n) is 8.04. The van der Waals surface area contributed by atoms with Crippen molar-refractivity contribution in [2.45, 2.75) is 26.4 Å². The second-order valence-corrected chi connectivity index (χ2v) is 6.81. The summed E-state index contributed by atoms with van der Waals surface area (Å²) >= 11 is 0. The van der Waals surface area contributed by atoms with E-state index in [-0.39, 0.29) is 11.5 Å². The molecule has 6 heteroatoms. The molecule has 1 aromatic carbocycles. The van der Waals surface area contributed by atoms with Crippen molar-refractivity contribution in [2.24, 2.45) is 11.1 Å². The van der Waals surface area contributed by atoms with Crippen molar-refractivity contribution in [1.82, 2.24) is 4.98 Å². The van der Waals surface area contributed by atoms with Crippen LogP contribution in [-0.4, -0.2) is 25.3 Å². The van der Waals surface area contributed by atoms with E-state index >= 15 is 0 Å². The summed E-state index contributed by atoms with van der Waals surface area (Å²) in [5.41, 5.74) is 9.02. The molecule has 25 heavy (non-hydrogen) atoms. The molecular weight excluding hydrogens is 320 g/mol. The second-order valence-electron chi connectivity index (χ2n) is 6.81. The van der Waals surface area contributed by atoms with Gasteiger partial charge in [-0.3, -0.25) is 0 Å². The third-order valence-corrected chi connectivity index (χ3v) is 4.56. The SMILES string of the molecule is COc1ccc(-c2ccc3c(c2)CC(C)(C)C3OC(N)=O)c(OC)n1. The maximum atomic E-state index is 11.2. The molecule has 0 bridgehead atoms. The van der Waals surface area contributed by atoms with Gasteiger partial charge in [-0.15, -0.1) is 0 Å². The maximum Gasteiger partial charge on any atom is 0.405 e. The van der Waals surface area contributed by atoms with E-state index < -0.39 is 6.09 Å². The number of aromatic nitrogens is 1. The van der Waals surface area contributed by atoms with Crippen molar-refractivity contribution in [2.75, 3.05) is 14.2 Å². The van der Waals surface area contributed by atoms with E-state index in [9.17, 15) is 4.79 Å². The summed E-state index contributed by atoms with van der Waals surface area (Å²) in [6.07, 6.45) is -0.305. The highest BCUT2D eigenvalue weighted by atomic mass is 16.6. The number of carbonyl (C=O) groups excluding carboxylic acids is 1. The van der Waals surface area contributed by atoms with Gasteiger partial charge >= 0.3 is 6.09 Å². The minimum Gasteiger partial charge on any atom is -0.481 e. The number of ether oxygens (including phenoxy) is 3. The van der Waals surface area contributed by atoms with Crippen LogP contribution in [0.4, 0.5) is 4.79 Å². The molecule has 6 nitrogen and oxygen atoms in total. The number of hydrogen-bond acceptors (Lipinski definition) is 5. The third-order valence-electron chi connectivity index (χ3n) is 4.56. The van der Waals surface area contributed by atoms with E-state index in [1.807, 2.05) is 18.2 Å². The molecule has 0 fully saturated rings. The van der Waals surface area contributed by atoms with Gasteiger partial charge in [0.1, 0.15) is 6.10 Å². The Bertz CT molecular complexity index is 817. The van der Waals surface area contributed by atoms with Crippen molar-refractivity contribution in [3.63, 3.8) is 0 Å². The van der Waals surface area contributed by atoms with E-state index in [0.29, 0.717) is 11.8 Å². The Morgan fingerprint density at radius 3 is 2.60 bits per heavy atom. The summed E-state index contributed by atoms with van der Waals surface area (Å²) < 4.78 is 15.9. The second kappa shape index (κ2) is 6.27. The van der Waals surface area contributed by atoms with Gasteiger partial charge in [0.2, 0.25) is 11.8 Å². The first kappa shape index (κ1) is 17.1. The molecule has 1 aromatic heterocycles. The van der Waals surface area contributed by atoms with E-state index in [1.54, 1.807) is 20.3 Å². The highest BCUT2D eigenvalue weighted by Gasteiger charge is 2.41. The molecule has 1 atom stereocenters. The van der Waals surface area contributed by atoms with E-state index in [0.717, 1.165) is 28.7 Å². The topological polar surface area (TPSA) is 83.7 Å². The minimum atomic E-state index is -0.754. The molecule has 2 N–H and O–H groups in total. The van der Waals surface area contributed by atoms with Crippen LogP contribution in [0.3, 0.4) is 0 Å². The van der Waals surface area contributed by atoms with Crippen LogP contribution in [0.1, 0.15) is 31.1 Å². The smallest absolute Gasteiger partial charge is 0.405 e. The average molecular weight is 342 g/mol. The highest BCUT2D eigenvalue weighted by Crippen LogP contribution is 2.48. The molecule has 1 aliphatic carbocycles. The summed E-state index contributed by atoms with van der Waals surface area (Å²) in [6, 6.07) is 9.77. The van der Waals surface area contributed by atoms with Crippen LogP contribution >= 0.6 is 0 Å². The fourth-order valence-corrected chi connectivity index (χ4v) is 3.44. The summed E-state index contributed by atoms with van der Waals surface area (Å²) in [6.45, 7) is 4.13. The van der Waals surface area contributed by atoms with Crippen molar-refractivity contribution in [3.8, 4) is 22.9 Å². The number of hydrogen-bond donors (Lipinski definition) is 1. The van der Waals surface area contributed by atoms with Gasteiger partial charge in [0.15, 0.2) is 0 Å². The number of nitrogens with zero attached hydrogens (tertiary/aromatic N) is 1. The Morgan fingerprint density at radius 1 is 1.20 bits per heavy atom. The number of benzene rings is 1. The van der Waals surface area contributed by atoms with Crippen LogP contribution in [0.25, 0.3) is 11.1 Å². The average Bonchev–Trinajstić information content (AvgIpc) is 2.83. The van der Waals surface area contributed by atoms with Crippen molar-refractivity contribution >= 4 is 6.09 Å². The Morgan fingerprint density at radius 2 is 1.96 bits per heavy atom. The summed E-state index contributed by atoms with van der Waals surface area (Å²) in [5, 5.41) is 0. The zero-order chi connectivity index (χ0) is 18.2. The molecule has 1 amide bonds. The Balaban J connectivity index is 2.02. The van der Waals surface area contributed by atoms with Crippen LogP contribution in [-0.2, 0) is 11.2 Å². The number of rotatable bonds is 4. The number of fused-ring (bicyclic) bond motifs is 1. The van der Waals surface area contributed by atoms with E-state index in [1.165, 1.54) is 0 Å². The fraction of sp³-hybridized carbons (Fsp3) is 0.368. The van der Waals surface area contributed by atoms with Gasteiger partial charge in [-0.1, -0.05) is 32.0 Å². The highest BCUT2D eigenvalue weighted by molar-refractivity contribution is 5.71. The van der Waals surface area contributed by atoms with Crippen LogP contribution in [0, 0.1) is 5.41 Å². The quantitative estimate of drug-likeness (QED) is 0.919. The van der Waals surface area contributed by atoms with E-state index in [2.05, 4.69) is 24.9 Å². The lowest BCUT2D eigenvalue weighted by Crippen LogP contribution is -2.25. The number of carbonyl (C=O) groups is 1. The molecule has 0 saturated heterocycles. The van der Waals surface area contributed by atoms with Crippen molar-refractivity contribution in [3.05, 3.63) is 41.5 Å². The summed E-state index contributed by atoms with van der Waals surface area (Å²) in [4.78, 5) is 15.6.